The van der Waals surface area contributed by atoms with Gasteiger partial charge in [-0.25, -0.2) is 8.42 Å². The van der Waals surface area contributed by atoms with Gasteiger partial charge in [-0.3, -0.25) is 0 Å². The molecule has 0 fully saturated rings. The van der Waals surface area contributed by atoms with Crippen molar-refractivity contribution in [1.82, 2.24) is 0 Å². The second kappa shape index (κ2) is 20.6. The molecule has 0 aliphatic heterocycles. The van der Waals surface area contributed by atoms with Crippen LogP contribution >= 0.6 is 0 Å². The molecule has 0 heterocycles. The summed E-state index contributed by atoms with van der Waals surface area (Å²) in [6.45, 7) is 2.02. The Kier molecular flexibility index (Phi) is 23.0. The first-order valence-electron chi connectivity index (χ1n) is 10.6. The van der Waals surface area contributed by atoms with Crippen molar-refractivity contribution in [2.24, 2.45) is 0 Å². The summed E-state index contributed by atoms with van der Waals surface area (Å²) in [7, 11) is -4.26. The van der Waals surface area contributed by atoms with Gasteiger partial charge in [0.25, 0.3) is 0 Å². The van der Waals surface area contributed by atoms with Crippen LogP contribution in [0.4, 0.5) is 0 Å². The Morgan fingerprint density at radius 3 is 1.35 bits per heavy atom. The number of hydrogen-bond acceptors (Lipinski definition) is 4. The second-order valence-electron chi connectivity index (χ2n) is 7.37. The summed E-state index contributed by atoms with van der Waals surface area (Å²) in [5.74, 6) is 0. The molecule has 0 bridgehead atoms. The zero-order valence-corrected chi connectivity index (χ0v) is 20.2. The van der Waals surface area contributed by atoms with Gasteiger partial charge >= 0.3 is 29.6 Å². The summed E-state index contributed by atoms with van der Waals surface area (Å²) in [5.41, 5.74) is 0. The monoisotopic (exact) mass is 400 g/mol. The normalized spacial score (nSPS) is 12.7. The maximum Gasteiger partial charge on any atom is 1.00 e. The van der Waals surface area contributed by atoms with E-state index in [0.29, 0.717) is 6.42 Å². The predicted molar refractivity (Wildman–Crippen MR) is 105 cm³/mol. The van der Waals surface area contributed by atoms with Gasteiger partial charge in [0, 0.05) is 6.61 Å². The van der Waals surface area contributed by atoms with Gasteiger partial charge in [0.15, 0.2) is 0 Å². The molecule has 26 heavy (non-hydrogen) atoms. The van der Waals surface area contributed by atoms with Crippen LogP contribution in [-0.4, -0.2) is 29.9 Å². The molecule has 0 amide bonds. The third kappa shape index (κ3) is 19.6. The van der Waals surface area contributed by atoms with E-state index >= 15 is 0 Å². The molecule has 0 aromatic carbocycles. The van der Waals surface area contributed by atoms with E-state index < -0.39 is 15.4 Å². The zero-order chi connectivity index (χ0) is 18.8. The molecule has 1 atom stereocenters. The molecule has 0 aromatic rings. The van der Waals surface area contributed by atoms with Crippen molar-refractivity contribution in [3.05, 3.63) is 0 Å². The summed E-state index contributed by atoms with van der Waals surface area (Å²) in [4.78, 5) is 0. The van der Waals surface area contributed by atoms with Crippen LogP contribution in [0.15, 0.2) is 0 Å². The van der Waals surface area contributed by atoms with E-state index in [1.54, 1.807) is 0 Å². The van der Waals surface area contributed by atoms with Gasteiger partial charge in [-0.1, -0.05) is 103 Å². The van der Waals surface area contributed by atoms with Crippen LogP contribution in [0.25, 0.3) is 0 Å². The Morgan fingerprint density at radius 1 is 0.692 bits per heavy atom. The summed E-state index contributed by atoms with van der Waals surface area (Å²) in [6, 6.07) is 0. The van der Waals surface area contributed by atoms with Gasteiger partial charge < -0.3 is 9.66 Å². The van der Waals surface area contributed by atoms with Crippen molar-refractivity contribution in [1.29, 1.82) is 0 Å². The molecule has 152 valence electrons. The quantitative estimate of drug-likeness (QED) is 0.205. The molecular formula is C20H41NaO4S. The smallest absolute Gasteiger partial charge is 0.748 e. The van der Waals surface area contributed by atoms with Gasteiger partial charge in [0.1, 0.15) is 0 Å². The molecular weight excluding hydrogens is 359 g/mol. The first-order valence-corrected chi connectivity index (χ1v) is 12.0. The first kappa shape index (κ1) is 29.1. The second-order valence-corrected chi connectivity index (χ2v) is 9.02. The Hall–Kier alpha value is 0.870. The minimum Gasteiger partial charge on any atom is -0.748 e. The summed E-state index contributed by atoms with van der Waals surface area (Å²) in [6.07, 6.45) is 19.5. The van der Waals surface area contributed by atoms with Crippen LogP contribution in [0.3, 0.4) is 0 Å². The summed E-state index contributed by atoms with van der Waals surface area (Å²) < 4.78 is 33.1. The van der Waals surface area contributed by atoms with Crippen molar-refractivity contribution in [3.63, 3.8) is 0 Å². The van der Waals surface area contributed by atoms with Crippen LogP contribution in [0, 0.1) is 0 Å². The zero-order valence-electron chi connectivity index (χ0n) is 17.4. The van der Waals surface area contributed by atoms with E-state index in [0.717, 1.165) is 19.3 Å². The molecule has 1 N–H and O–H groups in total. The van der Waals surface area contributed by atoms with Crippen LogP contribution < -0.4 is 29.6 Å². The maximum atomic E-state index is 11.0. The third-order valence-corrected chi connectivity index (χ3v) is 6.28. The largest absolute Gasteiger partial charge is 1.00 e. The average molecular weight is 401 g/mol. The van der Waals surface area contributed by atoms with E-state index in [2.05, 4.69) is 6.92 Å². The third-order valence-electron chi connectivity index (χ3n) is 4.99. The minimum atomic E-state index is -4.26. The maximum absolute atomic E-state index is 11.0. The van der Waals surface area contributed by atoms with E-state index in [1.807, 2.05) is 0 Å². The van der Waals surface area contributed by atoms with Crippen molar-refractivity contribution < 1.29 is 47.6 Å². The average Bonchev–Trinajstić information content (AvgIpc) is 2.56. The molecule has 6 heteroatoms. The van der Waals surface area contributed by atoms with Gasteiger partial charge in [-0.05, 0) is 12.8 Å². The molecule has 4 nitrogen and oxygen atoms in total. The Labute approximate surface area is 185 Å². The molecule has 0 saturated heterocycles. The molecule has 0 spiro atoms. The fourth-order valence-corrected chi connectivity index (χ4v) is 4.17. The molecule has 0 radical (unpaired) electrons. The van der Waals surface area contributed by atoms with Crippen molar-refractivity contribution in [2.45, 2.75) is 121 Å². The number of aliphatic hydroxyl groups is 1. The van der Waals surface area contributed by atoms with Gasteiger partial charge in [0.05, 0.1) is 15.4 Å². The number of hydrogen-bond donors (Lipinski definition) is 1. The Morgan fingerprint density at radius 2 is 1.04 bits per heavy atom. The fraction of sp³-hybridized carbons (Fsp3) is 1.00. The molecule has 0 aromatic heterocycles. The van der Waals surface area contributed by atoms with Crippen LogP contribution in [0.5, 0.6) is 0 Å². The van der Waals surface area contributed by atoms with E-state index in [9.17, 15) is 13.0 Å². The van der Waals surface area contributed by atoms with Crippen molar-refractivity contribution in [3.8, 4) is 0 Å². The topological polar surface area (TPSA) is 77.4 Å². The van der Waals surface area contributed by atoms with Gasteiger partial charge in [-0.2, -0.15) is 0 Å². The number of unbranched alkanes of at least 4 members (excludes halogenated alkanes) is 14. The Balaban J connectivity index is 0. The van der Waals surface area contributed by atoms with E-state index in [1.165, 1.54) is 77.0 Å². The van der Waals surface area contributed by atoms with E-state index in [-0.39, 0.29) is 42.6 Å². The van der Waals surface area contributed by atoms with E-state index in [4.69, 9.17) is 5.11 Å². The van der Waals surface area contributed by atoms with Crippen LogP contribution in [0.2, 0.25) is 0 Å². The molecule has 0 rings (SSSR count). The Bertz CT molecular complexity index is 374. The number of aliphatic hydroxyl groups excluding tert-OH is 1. The van der Waals surface area contributed by atoms with Crippen LogP contribution in [-0.2, 0) is 10.1 Å². The molecule has 0 aliphatic rings. The fourth-order valence-electron chi connectivity index (χ4n) is 3.32. The van der Waals surface area contributed by atoms with Crippen molar-refractivity contribution >= 4 is 10.1 Å². The summed E-state index contributed by atoms with van der Waals surface area (Å²) >= 11 is 0. The van der Waals surface area contributed by atoms with Crippen molar-refractivity contribution in [2.75, 3.05) is 6.61 Å². The standard InChI is InChI=1S/C20H42O4S.Na/c1-2-3-4-5-6-7-8-9-10-11-12-13-14-15-16-17-20(18-19-21)25(22,23)24;/h20-21H,2-19H2,1H3,(H,22,23,24);/q;+1/p-1. The molecule has 0 aliphatic carbocycles. The van der Waals surface area contributed by atoms with Gasteiger partial charge in [0.2, 0.25) is 0 Å². The predicted octanol–water partition coefficient (Wildman–Crippen LogP) is 2.55. The van der Waals surface area contributed by atoms with Crippen LogP contribution in [0.1, 0.15) is 116 Å². The summed E-state index contributed by atoms with van der Waals surface area (Å²) in [5, 5.41) is 7.92. The minimum absolute atomic E-state index is 0. The SMILES string of the molecule is CCCCCCCCCCCCCCCCCC(CCO)S(=O)(=O)[O-].[Na+]. The first-order chi connectivity index (χ1) is 12.0. The molecule has 1 unspecified atom stereocenters. The number of rotatable bonds is 19. The van der Waals surface area contributed by atoms with Gasteiger partial charge in [-0.15, -0.1) is 0 Å². The molecule has 0 saturated carbocycles.